The lowest BCUT2D eigenvalue weighted by molar-refractivity contribution is -0.142. The SMILES string of the molecule is C[C@@H]1CC2=C(Cc3ccccc32)[C@@H](c2c(F)cc(OCCN(CCCCCOCC(=O)O)C(=O)OCc3ccccc3)cc2F)N1CC(C)(C)F. The summed E-state index contributed by atoms with van der Waals surface area (Å²) >= 11 is 0. The molecular weight excluding hydrogens is 661 g/mol. The largest absolute Gasteiger partial charge is 0.492 e. The molecule has 2 aliphatic rings. The zero-order chi connectivity index (χ0) is 36.5. The van der Waals surface area contributed by atoms with E-state index in [0.717, 1.165) is 40.0 Å². The van der Waals surface area contributed by atoms with Gasteiger partial charge in [-0.2, -0.15) is 0 Å². The number of carboxylic acids is 1. The van der Waals surface area contributed by atoms with E-state index >= 15 is 13.2 Å². The number of nitrogens with zero attached hydrogens (tertiary/aromatic N) is 2. The van der Waals surface area contributed by atoms with E-state index in [0.29, 0.717) is 38.6 Å². The molecule has 51 heavy (non-hydrogen) atoms. The molecule has 1 amide bonds. The van der Waals surface area contributed by atoms with E-state index in [1.165, 1.54) is 18.7 Å². The van der Waals surface area contributed by atoms with Crippen molar-refractivity contribution in [1.82, 2.24) is 9.80 Å². The van der Waals surface area contributed by atoms with Gasteiger partial charge in [0.1, 0.15) is 42.9 Å². The molecule has 5 rings (SSSR count). The van der Waals surface area contributed by atoms with Gasteiger partial charge in [0, 0.05) is 43.4 Å². The van der Waals surface area contributed by atoms with Crippen molar-refractivity contribution < 1.29 is 42.1 Å². The molecule has 3 aromatic carbocycles. The number of alkyl halides is 1. The van der Waals surface area contributed by atoms with Gasteiger partial charge in [0.05, 0.1) is 12.6 Å². The van der Waals surface area contributed by atoms with Crippen LogP contribution in [0.3, 0.4) is 0 Å². The number of carboxylic acid groups (broad SMARTS) is 1. The fourth-order valence-corrected chi connectivity index (χ4v) is 6.97. The third-order valence-corrected chi connectivity index (χ3v) is 9.26. The van der Waals surface area contributed by atoms with Gasteiger partial charge in [-0.05, 0) is 80.7 Å². The summed E-state index contributed by atoms with van der Waals surface area (Å²) in [5.74, 6) is -2.61. The Bertz CT molecular complexity index is 1670. The average molecular weight is 709 g/mol. The summed E-state index contributed by atoms with van der Waals surface area (Å²) in [6.45, 7) is 5.32. The zero-order valence-electron chi connectivity index (χ0n) is 29.5. The number of hydrogen-bond acceptors (Lipinski definition) is 6. The van der Waals surface area contributed by atoms with Crippen LogP contribution < -0.4 is 4.74 Å². The number of ether oxygens (including phenoxy) is 3. The number of fused-ring (bicyclic) bond motifs is 2. The van der Waals surface area contributed by atoms with Gasteiger partial charge in [-0.15, -0.1) is 0 Å². The normalized spacial score (nSPS) is 17.2. The number of benzene rings is 3. The van der Waals surface area contributed by atoms with Crippen LogP contribution in [-0.4, -0.2) is 78.1 Å². The van der Waals surface area contributed by atoms with Crippen LogP contribution in [0.4, 0.5) is 18.0 Å². The molecule has 8 nitrogen and oxygen atoms in total. The molecule has 274 valence electrons. The second-order valence-corrected chi connectivity index (χ2v) is 13.9. The van der Waals surface area contributed by atoms with Crippen molar-refractivity contribution in [2.24, 2.45) is 0 Å². The van der Waals surface area contributed by atoms with Crippen molar-refractivity contribution >= 4 is 17.6 Å². The van der Waals surface area contributed by atoms with Crippen LogP contribution in [0.15, 0.2) is 72.3 Å². The molecule has 0 spiro atoms. The van der Waals surface area contributed by atoms with Gasteiger partial charge in [0.2, 0.25) is 0 Å². The molecule has 0 radical (unpaired) electrons. The second-order valence-electron chi connectivity index (χ2n) is 13.9. The van der Waals surface area contributed by atoms with Crippen LogP contribution in [0.25, 0.3) is 5.57 Å². The molecule has 0 fully saturated rings. The molecule has 1 aliphatic carbocycles. The first-order valence-electron chi connectivity index (χ1n) is 17.5. The van der Waals surface area contributed by atoms with Gasteiger partial charge in [0.25, 0.3) is 0 Å². The lowest BCUT2D eigenvalue weighted by Crippen LogP contribution is -2.47. The van der Waals surface area contributed by atoms with E-state index in [4.69, 9.17) is 19.3 Å². The highest BCUT2D eigenvalue weighted by molar-refractivity contribution is 5.79. The minimum atomic E-state index is -1.59. The Labute approximate surface area is 297 Å². The molecule has 0 saturated carbocycles. The highest BCUT2D eigenvalue weighted by Crippen LogP contribution is 2.50. The Kier molecular flexibility index (Phi) is 12.8. The summed E-state index contributed by atoms with van der Waals surface area (Å²) in [4.78, 5) is 27.1. The number of rotatable bonds is 17. The molecule has 0 bridgehead atoms. The maximum absolute atomic E-state index is 16.1. The fraction of sp³-hybridized carbons (Fsp3) is 0.450. The van der Waals surface area contributed by atoms with E-state index in [2.05, 4.69) is 0 Å². The Morgan fingerprint density at radius 3 is 2.37 bits per heavy atom. The summed E-state index contributed by atoms with van der Waals surface area (Å²) < 4.78 is 63.8. The summed E-state index contributed by atoms with van der Waals surface area (Å²) in [6, 6.07) is 18.6. The van der Waals surface area contributed by atoms with E-state index in [1.54, 1.807) is 0 Å². The van der Waals surface area contributed by atoms with E-state index < -0.39 is 35.4 Å². The highest BCUT2D eigenvalue weighted by Gasteiger charge is 2.43. The smallest absolute Gasteiger partial charge is 0.410 e. The Morgan fingerprint density at radius 1 is 0.961 bits per heavy atom. The monoisotopic (exact) mass is 708 g/mol. The molecule has 0 unspecified atom stereocenters. The number of hydrogen-bond donors (Lipinski definition) is 1. The number of amides is 1. The van der Waals surface area contributed by atoms with Crippen molar-refractivity contribution in [2.45, 2.75) is 77.2 Å². The summed E-state index contributed by atoms with van der Waals surface area (Å²) in [5.41, 5.74) is 3.26. The van der Waals surface area contributed by atoms with Crippen molar-refractivity contribution in [3.8, 4) is 5.75 Å². The molecule has 11 heteroatoms. The lowest BCUT2D eigenvalue weighted by Gasteiger charge is -2.44. The van der Waals surface area contributed by atoms with Gasteiger partial charge < -0.3 is 24.2 Å². The first kappa shape index (κ1) is 37.9. The zero-order valence-corrected chi connectivity index (χ0v) is 29.5. The lowest BCUT2D eigenvalue weighted by atomic mass is 9.84. The number of halogens is 3. The average Bonchev–Trinajstić information content (AvgIpc) is 3.44. The minimum Gasteiger partial charge on any atom is -0.492 e. The number of carbonyl (C=O) groups is 2. The third-order valence-electron chi connectivity index (χ3n) is 9.26. The van der Waals surface area contributed by atoms with Gasteiger partial charge in [-0.25, -0.2) is 22.8 Å². The van der Waals surface area contributed by atoms with Crippen molar-refractivity contribution in [3.63, 3.8) is 0 Å². The second kappa shape index (κ2) is 17.2. The van der Waals surface area contributed by atoms with Gasteiger partial charge in [0.15, 0.2) is 0 Å². The van der Waals surface area contributed by atoms with Crippen LogP contribution in [0.5, 0.6) is 5.75 Å². The van der Waals surface area contributed by atoms with Crippen molar-refractivity contribution in [1.29, 1.82) is 0 Å². The van der Waals surface area contributed by atoms with Gasteiger partial charge >= 0.3 is 12.1 Å². The molecule has 1 aliphatic heterocycles. The molecule has 1 N–H and O–H groups in total. The molecule has 0 saturated heterocycles. The first-order chi connectivity index (χ1) is 24.4. The molecule has 3 aromatic rings. The van der Waals surface area contributed by atoms with E-state index in [1.807, 2.05) is 66.4 Å². The van der Waals surface area contributed by atoms with E-state index in [9.17, 15) is 9.59 Å². The number of unbranched alkanes of at least 4 members (excludes halogenated alkanes) is 2. The van der Waals surface area contributed by atoms with Crippen molar-refractivity contribution in [2.75, 3.05) is 39.5 Å². The molecular formula is C40H47F3N2O6. The van der Waals surface area contributed by atoms with Crippen molar-refractivity contribution in [3.05, 3.63) is 106 Å². The Balaban J connectivity index is 1.28. The van der Waals surface area contributed by atoms with Crippen LogP contribution in [0.2, 0.25) is 0 Å². The number of carbonyl (C=O) groups excluding carboxylic acids is 1. The predicted molar refractivity (Wildman–Crippen MR) is 188 cm³/mol. The third kappa shape index (κ3) is 10.1. The van der Waals surface area contributed by atoms with Gasteiger partial charge in [-0.1, -0.05) is 54.6 Å². The predicted octanol–water partition coefficient (Wildman–Crippen LogP) is 8.15. The quantitative estimate of drug-likeness (QED) is 0.142. The standard InChI is InChI=1S/C40H47F3N2O6/c1-27-20-32-31-15-9-8-14-29(31)21-33(32)38(45(27)26-40(2,3)43)37-34(41)22-30(23-35(37)42)50-19-17-44(16-10-5-11-18-49-25-36(46)47)39(48)51-24-28-12-6-4-7-13-28/h4,6-9,12-15,22-23,27,38H,5,10-11,16-21,24-26H2,1-3H3,(H,46,47)/t27-,38+/m1/s1. The van der Waals surface area contributed by atoms with Crippen LogP contribution in [0, 0.1) is 11.6 Å². The first-order valence-corrected chi connectivity index (χ1v) is 17.5. The summed E-state index contributed by atoms with van der Waals surface area (Å²) in [7, 11) is 0. The van der Waals surface area contributed by atoms with Gasteiger partial charge in [-0.3, -0.25) is 4.90 Å². The summed E-state index contributed by atoms with van der Waals surface area (Å²) in [5, 5.41) is 8.72. The fourth-order valence-electron chi connectivity index (χ4n) is 6.97. The minimum absolute atomic E-state index is 0.00859. The van der Waals surface area contributed by atoms with Crippen LogP contribution in [0.1, 0.15) is 74.8 Å². The molecule has 2 atom stereocenters. The Morgan fingerprint density at radius 2 is 1.67 bits per heavy atom. The topological polar surface area (TPSA) is 88.5 Å². The maximum Gasteiger partial charge on any atom is 0.410 e. The summed E-state index contributed by atoms with van der Waals surface area (Å²) in [6.07, 6.45) is 2.54. The molecule has 1 heterocycles. The Hall–Kier alpha value is -4.35. The van der Waals surface area contributed by atoms with Crippen LogP contribution >= 0.6 is 0 Å². The highest BCUT2D eigenvalue weighted by atomic mass is 19.1. The maximum atomic E-state index is 16.1. The van der Waals surface area contributed by atoms with Crippen LogP contribution in [-0.2, 0) is 27.3 Å². The number of aliphatic carboxylic acids is 1. The molecule has 0 aromatic heterocycles. The van der Waals surface area contributed by atoms with E-state index in [-0.39, 0.29) is 56.9 Å².